The van der Waals surface area contributed by atoms with Crippen LogP contribution in [0, 0.1) is 0 Å². The lowest BCUT2D eigenvalue weighted by Crippen LogP contribution is -2.06. The zero-order chi connectivity index (χ0) is 6.85. The topological polar surface area (TPSA) is 20.2 Å². The summed E-state index contributed by atoms with van der Waals surface area (Å²) in [7, 11) is 4.46. The van der Waals surface area contributed by atoms with Crippen molar-refractivity contribution >= 4 is 27.9 Å². The Morgan fingerprint density at radius 1 is 1.44 bits per heavy atom. The highest BCUT2D eigenvalue weighted by molar-refractivity contribution is 7.27. The molecule has 0 heterocycles. The van der Waals surface area contributed by atoms with E-state index in [1.54, 1.807) is 6.07 Å². The van der Waals surface area contributed by atoms with Crippen LogP contribution in [0.2, 0.25) is 0 Å². The van der Waals surface area contributed by atoms with Gasteiger partial charge in [-0.3, -0.25) is 0 Å². The van der Waals surface area contributed by atoms with Crippen LogP contribution >= 0.6 is 9.24 Å². The molecule has 1 atom stereocenters. The van der Waals surface area contributed by atoms with E-state index in [9.17, 15) is 0 Å². The van der Waals surface area contributed by atoms with Gasteiger partial charge >= 0.3 is 0 Å². The van der Waals surface area contributed by atoms with Crippen LogP contribution in [0.25, 0.3) is 0 Å². The third-order valence-electron chi connectivity index (χ3n) is 1.18. The van der Waals surface area contributed by atoms with E-state index >= 15 is 0 Å². The van der Waals surface area contributed by atoms with Gasteiger partial charge in [-0.1, -0.05) is 17.6 Å². The Kier molecular flexibility index (Phi) is 1.77. The van der Waals surface area contributed by atoms with Gasteiger partial charge in [0, 0.05) is 5.30 Å². The van der Waals surface area contributed by atoms with E-state index in [1.165, 1.54) is 0 Å². The summed E-state index contributed by atoms with van der Waals surface area (Å²) < 4.78 is 0. The SMILES string of the molecule is Bc1ccc(O)c(P)c1. The van der Waals surface area contributed by atoms with Gasteiger partial charge in [-0.2, -0.15) is 0 Å². The summed E-state index contributed by atoms with van der Waals surface area (Å²) >= 11 is 0. The largest absolute Gasteiger partial charge is 0.507 e. The van der Waals surface area contributed by atoms with Gasteiger partial charge in [0.2, 0.25) is 0 Å². The first kappa shape index (κ1) is 6.63. The minimum atomic E-state index is 0.339. The Bertz CT molecular complexity index is 224. The van der Waals surface area contributed by atoms with E-state index in [1.807, 2.05) is 20.0 Å². The van der Waals surface area contributed by atoms with Crippen LogP contribution in [0.3, 0.4) is 0 Å². The zero-order valence-electron chi connectivity index (χ0n) is 5.26. The molecule has 1 aromatic carbocycles. The standard InChI is InChI=1S/C6H8BOP/c7-4-1-2-5(8)6(9)3-4/h1-3,8H,7,9H2. The van der Waals surface area contributed by atoms with Crippen molar-refractivity contribution in [2.24, 2.45) is 0 Å². The first-order valence-electron chi connectivity index (χ1n) is 2.75. The molecule has 1 nitrogen and oxygen atoms in total. The summed E-state index contributed by atoms with van der Waals surface area (Å²) in [6, 6.07) is 5.49. The average molecular weight is 138 g/mol. The maximum Gasteiger partial charge on any atom is 0.139 e. The molecule has 3 heteroatoms. The Morgan fingerprint density at radius 3 is 2.56 bits per heavy atom. The van der Waals surface area contributed by atoms with E-state index in [0.29, 0.717) is 5.75 Å². The van der Waals surface area contributed by atoms with Gasteiger partial charge < -0.3 is 5.11 Å². The summed E-state index contributed by atoms with van der Waals surface area (Å²) in [4.78, 5) is 0. The molecule has 9 heavy (non-hydrogen) atoms. The highest BCUT2D eigenvalue weighted by Crippen LogP contribution is 2.04. The first-order valence-corrected chi connectivity index (χ1v) is 3.33. The Labute approximate surface area is 57.7 Å². The molecule has 0 radical (unpaired) electrons. The average Bonchev–Trinajstić information content (AvgIpc) is 1.80. The predicted octanol–water partition coefficient (Wildman–Crippen LogP) is -0.849. The fourth-order valence-corrected chi connectivity index (χ4v) is 1.03. The summed E-state index contributed by atoms with van der Waals surface area (Å²) in [5.41, 5.74) is 1.16. The maximum absolute atomic E-state index is 9.02. The maximum atomic E-state index is 9.02. The van der Waals surface area contributed by atoms with Gasteiger partial charge in [-0.05, 0) is 6.07 Å². The van der Waals surface area contributed by atoms with Crippen molar-refractivity contribution < 1.29 is 5.11 Å². The Morgan fingerprint density at radius 2 is 2.11 bits per heavy atom. The molecule has 0 amide bonds. The van der Waals surface area contributed by atoms with Gasteiger partial charge in [-0.15, -0.1) is 9.24 Å². The molecule has 0 bridgehead atoms. The lowest BCUT2D eigenvalue weighted by Gasteiger charge is -1.97. The molecule has 0 fully saturated rings. The summed E-state index contributed by atoms with van der Waals surface area (Å²) in [6.07, 6.45) is 0. The molecule has 0 saturated carbocycles. The fourth-order valence-electron chi connectivity index (χ4n) is 0.674. The molecule has 1 rings (SSSR count). The molecule has 0 spiro atoms. The predicted molar refractivity (Wildman–Crippen MR) is 45.6 cm³/mol. The summed E-state index contributed by atoms with van der Waals surface area (Å²) in [5, 5.41) is 9.88. The van der Waals surface area contributed by atoms with Crippen LogP contribution in [0.15, 0.2) is 18.2 Å². The number of benzene rings is 1. The van der Waals surface area contributed by atoms with E-state index < -0.39 is 0 Å². The second-order valence-corrected chi connectivity index (χ2v) is 2.68. The number of hydrogen-bond acceptors (Lipinski definition) is 1. The normalized spacial score (nSPS) is 9.44. The smallest absolute Gasteiger partial charge is 0.139 e. The third kappa shape index (κ3) is 1.46. The summed E-state index contributed by atoms with van der Waals surface area (Å²) in [5.74, 6) is 0.339. The second-order valence-electron chi connectivity index (χ2n) is 2.06. The number of rotatable bonds is 0. The van der Waals surface area contributed by atoms with Crippen molar-refractivity contribution in [1.29, 1.82) is 0 Å². The van der Waals surface area contributed by atoms with Crippen LogP contribution in [0.5, 0.6) is 5.75 Å². The van der Waals surface area contributed by atoms with Crippen LogP contribution < -0.4 is 10.8 Å². The van der Waals surface area contributed by atoms with Crippen molar-refractivity contribution in [2.45, 2.75) is 0 Å². The monoisotopic (exact) mass is 138 g/mol. The molecule has 0 aliphatic heterocycles. The van der Waals surface area contributed by atoms with E-state index in [4.69, 9.17) is 5.11 Å². The molecule has 0 saturated heterocycles. The number of phenolic OH excluding ortho intramolecular Hbond substituents is 1. The van der Waals surface area contributed by atoms with Gasteiger partial charge in [-0.25, -0.2) is 0 Å². The molecular weight excluding hydrogens is 130 g/mol. The van der Waals surface area contributed by atoms with Crippen LogP contribution in [0.1, 0.15) is 0 Å². The van der Waals surface area contributed by atoms with Crippen molar-refractivity contribution in [3.05, 3.63) is 18.2 Å². The molecule has 1 N–H and O–H groups in total. The van der Waals surface area contributed by atoms with Crippen LogP contribution in [-0.2, 0) is 0 Å². The lowest BCUT2D eigenvalue weighted by molar-refractivity contribution is 0.480. The van der Waals surface area contributed by atoms with Crippen molar-refractivity contribution in [3.8, 4) is 5.75 Å². The minimum absolute atomic E-state index is 0.339. The van der Waals surface area contributed by atoms with Crippen LogP contribution in [0.4, 0.5) is 0 Å². The highest BCUT2D eigenvalue weighted by Gasteiger charge is 1.91. The first-order chi connectivity index (χ1) is 4.20. The Balaban J connectivity index is 3.17. The number of aromatic hydroxyl groups is 1. The third-order valence-corrected chi connectivity index (χ3v) is 1.65. The number of phenols is 1. The van der Waals surface area contributed by atoms with E-state index in [2.05, 4.69) is 9.24 Å². The van der Waals surface area contributed by atoms with Gasteiger partial charge in [0.15, 0.2) is 0 Å². The van der Waals surface area contributed by atoms with E-state index in [0.717, 1.165) is 10.8 Å². The minimum Gasteiger partial charge on any atom is -0.507 e. The quantitative estimate of drug-likeness (QED) is 0.365. The zero-order valence-corrected chi connectivity index (χ0v) is 6.41. The molecule has 0 aliphatic carbocycles. The van der Waals surface area contributed by atoms with Gasteiger partial charge in [0.1, 0.15) is 13.6 Å². The van der Waals surface area contributed by atoms with Crippen molar-refractivity contribution in [2.75, 3.05) is 0 Å². The molecule has 46 valence electrons. The van der Waals surface area contributed by atoms with Gasteiger partial charge in [0.05, 0.1) is 0 Å². The van der Waals surface area contributed by atoms with Crippen molar-refractivity contribution in [3.63, 3.8) is 0 Å². The lowest BCUT2D eigenvalue weighted by atomic mass is 9.97. The fraction of sp³-hybridized carbons (Fsp3) is 0. The van der Waals surface area contributed by atoms with E-state index in [-0.39, 0.29) is 0 Å². The molecule has 0 aliphatic rings. The molecule has 0 aromatic heterocycles. The molecular formula is C6H8BOP. The highest BCUT2D eigenvalue weighted by atomic mass is 31.0. The van der Waals surface area contributed by atoms with Crippen LogP contribution in [-0.4, -0.2) is 13.0 Å². The van der Waals surface area contributed by atoms with Gasteiger partial charge in [0.25, 0.3) is 0 Å². The number of hydrogen-bond donors (Lipinski definition) is 1. The second kappa shape index (κ2) is 2.41. The summed E-state index contributed by atoms with van der Waals surface area (Å²) in [6.45, 7) is 0. The van der Waals surface area contributed by atoms with Crippen molar-refractivity contribution in [1.82, 2.24) is 0 Å². The Hall–Kier alpha value is -0.485. The molecule has 1 unspecified atom stereocenters. The molecule has 1 aromatic rings.